The average molecular weight is 384 g/mol. The van der Waals surface area contributed by atoms with E-state index in [9.17, 15) is 10.2 Å². The maximum absolute atomic E-state index is 12.1. The molecular formula is C24H33NO3. The molecule has 0 amide bonds. The molecule has 28 heavy (non-hydrogen) atoms. The topological polar surface area (TPSA) is 52.9 Å². The minimum Gasteiger partial charge on any atom is -0.508 e. The lowest BCUT2D eigenvalue weighted by Crippen LogP contribution is -2.45. The minimum atomic E-state index is -0.984. The van der Waals surface area contributed by atoms with Gasteiger partial charge in [0.25, 0.3) is 0 Å². The Labute approximate surface area is 168 Å². The highest BCUT2D eigenvalue weighted by atomic mass is 16.5. The Kier molecular flexibility index (Phi) is 7.49. The molecule has 3 rings (SSSR count). The van der Waals surface area contributed by atoms with E-state index < -0.39 is 5.60 Å². The van der Waals surface area contributed by atoms with Gasteiger partial charge in [0.15, 0.2) is 0 Å². The first kappa shape index (κ1) is 20.8. The largest absolute Gasteiger partial charge is 0.508 e. The molecule has 1 fully saturated rings. The van der Waals surface area contributed by atoms with Crippen molar-refractivity contribution in [3.05, 3.63) is 65.7 Å². The molecule has 0 saturated carbocycles. The summed E-state index contributed by atoms with van der Waals surface area (Å²) in [5.41, 5.74) is 1.05. The van der Waals surface area contributed by atoms with Gasteiger partial charge in [0.2, 0.25) is 0 Å². The van der Waals surface area contributed by atoms with Gasteiger partial charge in [-0.05, 0) is 29.7 Å². The van der Waals surface area contributed by atoms with Crippen LogP contribution >= 0.6 is 0 Å². The van der Waals surface area contributed by atoms with Crippen molar-refractivity contribution in [2.45, 2.75) is 44.1 Å². The van der Waals surface area contributed by atoms with Crippen molar-refractivity contribution in [1.82, 2.24) is 4.90 Å². The van der Waals surface area contributed by atoms with E-state index >= 15 is 0 Å². The second kappa shape index (κ2) is 10.1. The van der Waals surface area contributed by atoms with Crippen molar-refractivity contribution < 1.29 is 14.9 Å². The lowest BCUT2D eigenvalue weighted by Gasteiger charge is -2.41. The van der Waals surface area contributed by atoms with Crippen molar-refractivity contribution in [2.24, 2.45) is 0 Å². The Bertz CT molecular complexity index is 698. The minimum absolute atomic E-state index is 0.0480. The lowest BCUT2D eigenvalue weighted by molar-refractivity contribution is -0.0295. The van der Waals surface area contributed by atoms with Gasteiger partial charge < -0.3 is 14.9 Å². The van der Waals surface area contributed by atoms with Crippen LogP contribution in [0.4, 0.5) is 0 Å². The summed E-state index contributed by atoms with van der Waals surface area (Å²) in [6, 6.07) is 17.5. The van der Waals surface area contributed by atoms with Crippen LogP contribution in [0.3, 0.4) is 0 Å². The van der Waals surface area contributed by atoms with Crippen molar-refractivity contribution in [3.8, 4) is 5.75 Å². The van der Waals surface area contributed by atoms with Crippen molar-refractivity contribution in [1.29, 1.82) is 0 Å². The van der Waals surface area contributed by atoms with Crippen LogP contribution in [-0.4, -0.2) is 48.0 Å². The second-order valence-electron chi connectivity index (χ2n) is 7.80. The molecule has 0 radical (unpaired) electrons. The van der Waals surface area contributed by atoms with E-state index in [4.69, 9.17) is 4.74 Å². The highest BCUT2D eigenvalue weighted by Crippen LogP contribution is 2.42. The van der Waals surface area contributed by atoms with E-state index in [1.165, 1.54) is 0 Å². The summed E-state index contributed by atoms with van der Waals surface area (Å²) in [6.45, 7) is 6.25. The molecule has 1 aliphatic rings. The van der Waals surface area contributed by atoms with Gasteiger partial charge in [0.1, 0.15) is 5.75 Å². The highest BCUT2D eigenvalue weighted by molar-refractivity contribution is 5.35. The third kappa shape index (κ3) is 5.13. The summed E-state index contributed by atoms with van der Waals surface area (Å²) in [4.78, 5) is 2.40. The molecule has 2 atom stereocenters. The van der Waals surface area contributed by atoms with E-state index in [2.05, 4.69) is 24.0 Å². The van der Waals surface area contributed by atoms with Crippen molar-refractivity contribution >= 4 is 0 Å². The number of benzene rings is 2. The van der Waals surface area contributed by atoms with E-state index in [0.29, 0.717) is 6.42 Å². The molecule has 4 heteroatoms. The Morgan fingerprint density at radius 1 is 1.00 bits per heavy atom. The molecule has 0 aliphatic carbocycles. The van der Waals surface area contributed by atoms with Gasteiger partial charge >= 0.3 is 0 Å². The van der Waals surface area contributed by atoms with Gasteiger partial charge in [-0.3, -0.25) is 4.90 Å². The zero-order chi connectivity index (χ0) is 19.8. The number of nitrogens with zero attached hydrogens (tertiary/aromatic N) is 1. The quantitative estimate of drug-likeness (QED) is 0.635. The molecule has 0 spiro atoms. The molecule has 1 saturated heterocycles. The summed E-state index contributed by atoms with van der Waals surface area (Å²) in [6.07, 6.45) is 3.89. The van der Waals surface area contributed by atoms with Crippen LogP contribution in [0.5, 0.6) is 5.75 Å². The monoisotopic (exact) mass is 383 g/mol. The van der Waals surface area contributed by atoms with E-state index in [-0.39, 0.29) is 11.7 Å². The predicted molar refractivity (Wildman–Crippen MR) is 113 cm³/mol. The summed E-state index contributed by atoms with van der Waals surface area (Å²) in [7, 11) is 0. The standard InChI is InChI=1S/C24H33NO3/c1-2-3-7-14-24(27,21-10-12-22(26)13-11-21)23(20-8-5-4-6-9-20)19-25-15-17-28-18-16-25/h4-6,8-13,23,26-27H,2-3,7,14-19H2,1H3/t23-,24+/m1/s1. The van der Waals surface area contributed by atoms with Gasteiger partial charge in [-0.25, -0.2) is 0 Å². The summed E-state index contributed by atoms with van der Waals surface area (Å²) >= 11 is 0. The lowest BCUT2D eigenvalue weighted by atomic mass is 9.74. The number of aromatic hydroxyl groups is 1. The van der Waals surface area contributed by atoms with Gasteiger partial charge in [-0.1, -0.05) is 68.7 Å². The molecule has 4 nitrogen and oxygen atoms in total. The van der Waals surface area contributed by atoms with Crippen LogP contribution in [0.25, 0.3) is 0 Å². The molecule has 152 valence electrons. The first-order valence-corrected chi connectivity index (χ1v) is 10.5. The molecule has 0 unspecified atom stereocenters. The summed E-state index contributed by atoms with van der Waals surface area (Å²) < 4.78 is 5.52. The maximum atomic E-state index is 12.1. The van der Waals surface area contributed by atoms with Crippen LogP contribution in [0, 0.1) is 0 Å². The number of aliphatic hydroxyl groups is 1. The van der Waals surface area contributed by atoms with Gasteiger partial charge in [0.05, 0.1) is 18.8 Å². The van der Waals surface area contributed by atoms with Gasteiger partial charge in [0, 0.05) is 25.6 Å². The number of rotatable bonds is 9. The first-order valence-electron chi connectivity index (χ1n) is 10.5. The Morgan fingerprint density at radius 2 is 1.68 bits per heavy atom. The maximum Gasteiger partial charge on any atom is 0.115 e. The molecule has 0 bridgehead atoms. The zero-order valence-corrected chi connectivity index (χ0v) is 16.9. The molecule has 0 aromatic heterocycles. The Balaban J connectivity index is 1.97. The average Bonchev–Trinajstić information content (AvgIpc) is 2.74. The number of morpholine rings is 1. The molecular weight excluding hydrogens is 350 g/mol. The number of unbranched alkanes of at least 4 members (excludes halogenated alkanes) is 2. The first-order chi connectivity index (χ1) is 13.6. The normalized spacial score (nSPS) is 18.5. The fourth-order valence-corrected chi connectivity index (χ4v) is 4.17. The van der Waals surface area contributed by atoms with E-state index in [0.717, 1.165) is 63.2 Å². The van der Waals surface area contributed by atoms with Crippen LogP contribution in [0.2, 0.25) is 0 Å². The van der Waals surface area contributed by atoms with E-state index in [1.54, 1.807) is 12.1 Å². The van der Waals surface area contributed by atoms with Crippen LogP contribution < -0.4 is 0 Å². The smallest absolute Gasteiger partial charge is 0.115 e. The Hall–Kier alpha value is -1.88. The number of ether oxygens (including phenoxy) is 1. The molecule has 2 aromatic carbocycles. The molecule has 1 aliphatic heterocycles. The van der Waals surface area contributed by atoms with Gasteiger partial charge in [-0.15, -0.1) is 0 Å². The zero-order valence-electron chi connectivity index (χ0n) is 16.9. The van der Waals surface area contributed by atoms with Crippen molar-refractivity contribution in [2.75, 3.05) is 32.8 Å². The number of phenols is 1. The number of hydrogen-bond donors (Lipinski definition) is 2. The summed E-state index contributed by atoms with van der Waals surface area (Å²) in [5, 5.41) is 21.9. The Morgan fingerprint density at radius 3 is 2.32 bits per heavy atom. The third-order valence-corrected chi connectivity index (χ3v) is 5.85. The fraction of sp³-hybridized carbons (Fsp3) is 0.500. The molecule has 2 N–H and O–H groups in total. The molecule has 2 aromatic rings. The third-order valence-electron chi connectivity index (χ3n) is 5.85. The highest BCUT2D eigenvalue weighted by Gasteiger charge is 2.40. The van der Waals surface area contributed by atoms with Crippen molar-refractivity contribution in [3.63, 3.8) is 0 Å². The van der Waals surface area contributed by atoms with Crippen LogP contribution in [0.1, 0.15) is 49.7 Å². The second-order valence-corrected chi connectivity index (χ2v) is 7.80. The van der Waals surface area contributed by atoms with Gasteiger partial charge in [-0.2, -0.15) is 0 Å². The van der Waals surface area contributed by atoms with E-state index in [1.807, 2.05) is 30.3 Å². The molecule has 1 heterocycles. The van der Waals surface area contributed by atoms with Crippen LogP contribution in [-0.2, 0) is 10.3 Å². The fourth-order valence-electron chi connectivity index (χ4n) is 4.17. The summed E-state index contributed by atoms with van der Waals surface area (Å²) in [5.74, 6) is 0.178. The number of phenolic OH excluding ortho intramolecular Hbond substituents is 1. The SMILES string of the molecule is CCCCC[C@](O)(c1ccc(O)cc1)[C@H](CN1CCOCC1)c1ccccc1. The van der Waals surface area contributed by atoms with Crippen LogP contribution in [0.15, 0.2) is 54.6 Å². The predicted octanol–water partition coefficient (Wildman–Crippen LogP) is 4.28. The number of hydrogen-bond acceptors (Lipinski definition) is 4.